The number of carbonyl (C=O) groups is 1. The van der Waals surface area contributed by atoms with E-state index < -0.39 is 0 Å². The topological polar surface area (TPSA) is 47.9 Å². The number of nitrogens with one attached hydrogen (secondary N) is 1. The van der Waals surface area contributed by atoms with Gasteiger partial charge in [0.15, 0.2) is 0 Å². The second kappa shape index (κ2) is 9.90. The summed E-state index contributed by atoms with van der Waals surface area (Å²) in [6.45, 7) is 9.14. The van der Waals surface area contributed by atoms with Gasteiger partial charge in [-0.15, -0.1) is 0 Å². The van der Waals surface area contributed by atoms with Crippen LogP contribution in [0.4, 0.5) is 5.69 Å². The van der Waals surface area contributed by atoms with Gasteiger partial charge in [0.1, 0.15) is 0 Å². The van der Waals surface area contributed by atoms with Crippen molar-refractivity contribution in [3.05, 3.63) is 76.9 Å². The maximum absolute atomic E-state index is 13.7. The first-order valence-electron chi connectivity index (χ1n) is 12.5. The SMILES string of the molecule is CC1C=CC(C(=O)N2CCN(CC3N=CNC3C)c3ccc(-c4ccccc4)cc3C2)=C(Cl)C1C. The number of fused-ring (bicyclic) bond motifs is 1. The number of hydrogen-bond donors (Lipinski definition) is 1. The number of aliphatic imine (C=N–C) groups is 1. The molecule has 4 atom stereocenters. The number of benzene rings is 2. The van der Waals surface area contributed by atoms with E-state index in [9.17, 15) is 4.79 Å². The minimum absolute atomic E-state index is 0.0110. The van der Waals surface area contributed by atoms with Crippen molar-refractivity contribution in [3.8, 4) is 11.1 Å². The molecule has 0 aromatic heterocycles. The summed E-state index contributed by atoms with van der Waals surface area (Å²) < 4.78 is 0. The fourth-order valence-corrected chi connectivity index (χ4v) is 5.42. The summed E-state index contributed by atoms with van der Waals surface area (Å²) in [6.07, 6.45) is 5.83. The maximum atomic E-state index is 13.7. The number of amides is 1. The predicted molar refractivity (Wildman–Crippen MR) is 145 cm³/mol. The maximum Gasteiger partial charge on any atom is 0.255 e. The molecular weight excluding hydrogens is 456 g/mol. The Morgan fingerprint density at radius 3 is 2.63 bits per heavy atom. The summed E-state index contributed by atoms with van der Waals surface area (Å²) in [6, 6.07) is 17.5. The molecule has 0 bridgehead atoms. The minimum Gasteiger partial charge on any atom is -0.372 e. The van der Waals surface area contributed by atoms with Gasteiger partial charge in [0.05, 0.1) is 18.0 Å². The monoisotopic (exact) mass is 488 g/mol. The second-order valence-corrected chi connectivity index (χ2v) is 10.4. The third-order valence-corrected chi connectivity index (χ3v) is 8.19. The van der Waals surface area contributed by atoms with Crippen molar-refractivity contribution < 1.29 is 4.79 Å². The number of rotatable bonds is 4. The van der Waals surface area contributed by atoms with Crippen LogP contribution in [0.2, 0.25) is 0 Å². The number of allylic oxidation sites excluding steroid dienone is 2. The number of halogens is 1. The molecule has 0 spiro atoms. The zero-order chi connectivity index (χ0) is 24.5. The zero-order valence-corrected chi connectivity index (χ0v) is 21.4. The summed E-state index contributed by atoms with van der Waals surface area (Å²) in [5.41, 5.74) is 5.29. The number of nitrogens with zero attached hydrogens (tertiary/aromatic N) is 3. The fraction of sp³-hybridized carbons (Fsp3) is 0.379. The smallest absolute Gasteiger partial charge is 0.255 e. The molecule has 1 amide bonds. The Hall–Kier alpha value is -3.05. The van der Waals surface area contributed by atoms with Gasteiger partial charge >= 0.3 is 0 Å². The second-order valence-electron chi connectivity index (χ2n) is 9.95. The quantitative estimate of drug-likeness (QED) is 0.641. The Morgan fingerprint density at radius 2 is 1.89 bits per heavy atom. The van der Waals surface area contributed by atoms with Crippen LogP contribution in [0.1, 0.15) is 26.3 Å². The first-order valence-corrected chi connectivity index (χ1v) is 12.9. The Labute approximate surface area is 213 Å². The number of carbonyl (C=O) groups excluding carboxylic acids is 1. The van der Waals surface area contributed by atoms with E-state index in [0.29, 0.717) is 35.7 Å². The summed E-state index contributed by atoms with van der Waals surface area (Å²) in [5, 5.41) is 3.97. The average molecular weight is 489 g/mol. The summed E-state index contributed by atoms with van der Waals surface area (Å²) in [4.78, 5) is 22.7. The Bertz CT molecular complexity index is 1190. The van der Waals surface area contributed by atoms with Crippen molar-refractivity contribution in [2.75, 3.05) is 24.5 Å². The van der Waals surface area contributed by atoms with E-state index in [1.54, 1.807) is 0 Å². The van der Waals surface area contributed by atoms with Crippen LogP contribution in [0, 0.1) is 11.8 Å². The molecule has 2 aliphatic heterocycles. The van der Waals surface area contributed by atoms with Crippen LogP contribution >= 0.6 is 11.6 Å². The molecule has 2 aromatic carbocycles. The van der Waals surface area contributed by atoms with E-state index in [4.69, 9.17) is 11.6 Å². The highest BCUT2D eigenvalue weighted by molar-refractivity contribution is 6.32. The first-order chi connectivity index (χ1) is 16.9. The van der Waals surface area contributed by atoms with E-state index in [1.807, 2.05) is 23.4 Å². The molecule has 35 heavy (non-hydrogen) atoms. The fourth-order valence-electron chi connectivity index (χ4n) is 5.08. The first kappa shape index (κ1) is 23.7. The molecule has 182 valence electrons. The summed E-state index contributed by atoms with van der Waals surface area (Å²) in [7, 11) is 0. The van der Waals surface area contributed by atoms with Gasteiger partial charge in [-0.25, -0.2) is 0 Å². The van der Waals surface area contributed by atoms with Gasteiger partial charge in [-0.3, -0.25) is 9.79 Å². The van der Waals surface area contributed by atoms with E-state index in [0.717, 1.165) is 24.2 Å². The van der Waals surface area contributed by atoms with E-state index in [2.05, 4.69) is 84.5 Å². The Balaban J connectivity index is 1.49. The largest absolute Gasteiger partial charge is 0.372 e. The van der Waals surface area contributed by atoms with Crippen LogP contribution in [0.5, 0.6) is 0 Å². The lowest BCUT2D eigenvalue weighted by Crippen LogP contribution is -2.42. The molecule has 1 aliphatic carbocycles. The van der Waals surface area contributed by atoms with Crippen LogP contribution in [-0.4, -0.2) is 48.9 Å². The van der Waals surface area contributed by atoms with Gasteiger partial charge in [0, 0.05) is 42.9 Å². The highest BCUT2D eigenvalue weighted by Gasteiger charge is 2.31. The third-order valence-electron chi connectivity index (χ3n) is 7.65. The molecule has 0 radical (unpaired) electrons. The van der Waals surface area contributed by atoms with Gasteiger partial charge in [0.2, 0.25) is 0 Å². The minimum atomic E-state index is 0.0110. The van der Waals surface area contributed by atoms with E-state index in [-0.39, 0.29) is 17.9 Å². The molecule has 3 aliphatic rings. The van der Waals surface area contributed by atoms with Crippen molar-refractivity contribution in [3.63, 3.8) is 0 Å². The Kier molecular flexibility index (Phi) is 6.70. The molecule has 2 aromatic rings. The van der Waals surface area contributed by atoms with Crippen LogP contribution in [0.3, 0.4) is 0 Å². The highest BCUT2D eigenvalue weighted by atomic mass is 35.5. The summed E-state index contributed by atoms with van der Waals surface area (Å²) in [5.74, 6) is 0.488. The van der Waals surface area contributed by atoms with E-state index in [1.165, 1.54) is 11.3 Å². The van der Waals surface area contributed by atoms with Gasteiger partial charge < -0.3 is 15.1 Å². The lowest BCUT2D eigenvalue weighted by atomic mass is 9.88. The molecule has 6 heteroatoms. The van der Waals surface area contributed by atoms with Crippen molar-refractivity contribution in [1.29, 1.82) is 0 Å². The summed E-state index contributed by atoms with van der Waals surface area (Å²) >= 11 is 6.69. The normalized spacial score (nSPS) is 25.9. The average Bonchev–Trinajstić information content (AvgIpc) is 3.19. The molecule has 1 N–H and O–H groups in total. The van der Waals surface area contributed by atoms with Crippen LogP contribution in [-0.2, 0) is 11.3 Å². The molecule has 4 unspecified atom stereocenters. The van der Waals surface area contributed by atoms with Crippen molar-refractivity contribution >= 4 is 29.5 Å². The van der Waals surface area contributed by atoms with Crippen molar-refractivity contribution in [2.24, 2.45) is 16.8 Å². The van der Waals surface area contributed by atoms with Gasteiger partial charge in [-0.2, -0.15) is 0 Å². The molecule has 5 rings (SSSR count). The third kappa shape index (κ3) is 4.74. The lowest BCUT2D eigenvalue weighted by molar-refractivity contribution is -0.127. The standard InChI is InChI=1S/C29H33ClN4O/c1-19-9-11-25(28(30)20(19)2)29(35)34-14-13-33(17-26-21(3)31-18-32-26)27-12-10-23(15-24(27)16-34)22-7-5-4-6-8-22/h4-12,15,18-21,26H,13-14,16-17H2,1-3H3,(H,31,32). The highest BCUT2D eigenvalue weighted by Crippen LogP contribution is 2.35. The molecule has 0 saturated carbocycles. The molecule has 0 fully saturated rings. The van der Waals surface area contributed by atoms with Gasteiger partial charge in [-0.05, 0) is 47.6 Å². The Morgan fingerprint density at radius 1 is 1.09 bits per heavy atom. The lowest BCUT2D eigenvalue weighted by Gasteiger charge is -2.29. The van der Waals surface area contributed by atoms with Crippen LogP contribution < -0.4 is 10.2 Å². The van der Waals surface area contributed by atoms with Crippen LogP contribution in [0.25, 0.3) is 11.1 Å². The molecule has 0 saturated heterocycles. The predicted octanol–water partition coefficient (Wildman–Crippen LogP) is 5.23. The molecular formula is C29H33ClN4O. The number of hydrogen-bond acceptors (Lipinski definition) is 4. The molecule has 5 nitrogen and oxygen atoms in total. The van der Waals surface area contributed by atoms with Crippen molar-refractivity contribution in [2.45, 2.75) is 39.4 Å². The zero-order valence-electron chi connectivity index (χ0n) is 20.6. The number of anilines is 1. The molecule has 2 heterocycles. The van der Waals surface area contributed by atoms with Crippen molar-refractivity contribution in [1.82, 2.24) is 10.2 Å². The van der Waals surface area contributed by atoms with Gasteiger partial charge in [-0.1, -0.05) is 74.0 Å². The van der Waals surface area contributed by atoms with E-state index >= 15 is 0 Å². The van der Waals surface area contributed by atoms with Gasteiger partial charge in [0.25, 0.3) is 5.91 Å². The van der Waals surface area contributed by atoms with Crippen LogP contribution in [0.15, 0.2) is 76.3 Å².